The number of esters is 1. The topological polar surface area (TPSA) is 77.4 Å². The molecule has 3 aromatic carbocycles. The van der Waals surface area contributed by atoms with Crippen molar-refractivity contribution in [1.82, 2.24) is 0 Å². The number of carbonyl (C=O) groups is 1. The summed E-state index contributed by atoms with van der Waals surface area (Å²) in [6.07, 6.45) is 4.50. The predicted molar refractivity (Wildman–Crippen MR) is 121 cm³/mol. The molecule has 3 aromatic rings. The van der Waals surface area contributed by atoms with Gasteiger partial charge >= 0.3 is 5.97 Å². The lowest BCUT2D eigenvalue weighted by Gasteiger charge is -2.11. The summed E-state index contributed by atoms with van der Waals surface area (Å²) >= 11 is 6.32. The van der Waals surface area contributed by atoms with Crippen LogP contribution in [0.2, 0.25) is 5.02 Å². The van der Waals surface area contributed by atoms with Crippen molar-refractivity contribution in [2.75, 3.05) is 14.2 Å². The van der Waals surface area contributed by atoms with Crippen molar-refractivity contribution >= 4 is 35.5 Å². The Hall–Kier alpha value is -3.77. The first-order valence-corrected chi connectivity index (χ1v) is 9.61. The maximum Gasteiger partial charge on any atom is 0.336 e. The molecule has 0 saturated carbocycles. The molecule has 7 heteroatoms. The van der Waals surface area contributed by atoms with Gasteiger partial charge < -0.3 is 19.3 Å². The van der Waals surface area contributed by atoms with E-state index in [1.807, 2.05) is 18.2 Å². The number of hydrogen-bond acceptors (Lipinski definition) is 6. The number of nitrogens with zero attached hydrogens (tertiary/aromatic N) is 1. The molecule has 0 saturated heterocycles. The van der Waals surface area contributed by atoms with Crippen molar-refractivity contribution < 1.29 is 24.1 Å². The molecule has 0 heterocycles. The van der Waals surface area contributed by atoms with Crippen LogP contribution in [0, 0.1) is 0 Å². The Balaban J connectivity index is 1.75. The second kappa shape index (κ2) is 10.3. The maximum atomic E-state index is 12.3. The number of benzene rings is 3. The predicted octanol–water partition coefficient (Wildman–Crippen LogP) is 5.43. The summed E-state index contributed by atoms with van der Waals surface area (Å²) in [6.45, 7) is 0. The van der Waals surface area contributed by atoms with E-state index >= 15 is 0 Å². The van der Waals surface area contributed by atoms with Crippen LogP contribution >= 0.6 is 11.6 Å². The van der Waals surface area contributed by atoms with Gasteiger partial charge in [-0.25, -0.2) is 4.79 Å². The summed E-state index contributed by atoms with van der Waals surface area (Å²) in [6, 6.07) is 17.0. The number of phenols is 1. The zero-order chi connectivity index (χ0) is 22.2. The summed E-state index contributed by atoms with van der Waals surface area (Å²) in [7, 11) is 3.03. The molecule has 0 unspecified atom stereocenters. The van der Waals surface area contributed by atoms with Gasteiger partial charge in [0.25, 0.3) is 0 Å². The van der Waals surface area contributed by atoms with Crippen molar-refractivity contribution in [3.63, 3.8) is 0 Å². The standard InChI is InChI=1S/C24H20ClNO5/c1-29-20-5-3-4-16(12-20)6-11-23(28)31-24-21(25)13-17(14-22(24)30-2)15-26-18-7-9-19(27)10-8-18/h3-15,27H,1-2H3. The number of aromatic hydroxyl groups is 1. The average Bonchev–Trinajstić information content (AvgIpc) is 2.79. The number of phenolic OH excluding ortho intramolecular Hbond substituents is 1. The molecule has 0 amide bonds. The van der Waals surface area contributed by atoms with E-state index in [0.29, 0.717) is 22.7 Å². The van der Waals surface area contributed by atoms with Gasteiger partial charge in [-0.1, -0.05) is 23.7 Å². The zero-order valence-corrected chi connectivity index (χ0v) is 17.7. The largest absolute Gasteiger partial charge is 0.508 e. The van der Waals surface area contributed by atoms with E-state index in [-0.39, 0.29) is 16.5 Å². The van der Waals surface area contributed by atoms with E-state index in [9.17, 15) is 9.90 Å². The van der Waals surface area contributed by atoms with Gasteiger partial charge in [-0.05, 0) is 65.7 Å². The minimum atomic E-state index is -0.603. The maximum absolute atomic E-state index is 12.3. The van der Waals surface area contributed by atoms with Crippen LogP contribution in [-0.4, -0.2) is 31.5 Å². The number of carbonyl (C=O) groups excluding carboxylic acids is 1. The molecule has 0 aliphatic rings. The molecule has 0 aliphatic heterocycles. The van der Waals surface area contributed by atoms with E-state index in [1.54, 1.807) is 61.9 Å². The molecule has 0 fully saturated rings. The Kier molecular flexibility index (Phi) is 7.30. The fraction of sp³-hybridized carbons (Fsp3) is 0.0833. The van der Waals surface area contributed by atoms with Gasteiger partial charge in [0.05, 0.1) is 24.9 Å². The average molecular weight is 438 g/mol. The molecule has 3 rings (SSSR count). The van der Waals surface area contributed by atoms with Crippen molar-refractivity contribution in [3.8, 4) is 23.0 Å². The molecule has 158 valence electrons. The van der Waals surface area contributed by atoms with Gasteiger partial charge in [-0.2, -0.15) is 0 Å². The lowest BCUT2D eigenvalue weighted by molar-refractivity contribution is -0.129. The highest BCUT2D eigenvalue weighted by atomic mass is 35.5. The molecule has 0 spiro atoms. The summed E-state index contributed by atoms with van der Waals surface area (Å²) in [5.74, 6) is 0.655. The highest BCUT2D eigenvalue weighted by Crippen LogP contribution is 2.36. The van der Waals surface area contributed by atoms with Crippen LogP contribution in [0.3, 0.4) is 0 Å². The smallest absolute Gasteiger partial charge is 0.336 e. The Morgan fingerprint density at radius 2 is 1.77 bits per heavy atom. The van der Waals surface area contributed by atoms with Crippen molar-refractivity contribution in [2.45, 2.75) is 0 Å². The monoisotopic (exact) mass is 437 g/mol. The van der Waals surface area contributed by atoms with Gasteiger partial charge in [0.15, 0.2) is 11.5 Å². The molecule has 0 radical (unpaired) electrons. The van der Waals surface area contributed by atoms with Crippen LogP contribution in [0.5, 0.6) is 23.0 Å². The Morgan fingerprint density at radius 3 is 2.48 bits per heavy atom. The van der Waals surface area contributed by atoms with Gasteiger partial charge in [0.1, 0.15) is 11.5 Å². The quantitative estimate of drug-likeness (QED) is 0.231. The van der Waals surface area contributed by atoms with E-state index in [4.69, 9.17) is 25.8 Å². The first kappa shape index (κ1) is 21.9. The Morgan fingerprint density at radius 1 is 1.00 bits per heavy atom. The molecular formula is C24H20ClNO5. The van der Waals surface area contributed by atoms with Crippen molar-refractivity contribution in [1.29, 1.82) is 0 Å². The minimum Gasteiger partial charge on any atom is -0.508 e. The first-order chi connectivity index (χ1) is 15.0. The molecular weight excluding hydrogens is 418 g/mol. The molecule has 6 nitrogen and oxygen atoms in total. The van der Waals surface area contributed by atoms with Crippen LogP contribution in [0.15, 0.2) is 71.7 Å². The van der Waals surface area contributed by atoms with Crippen LogP contribution in [0.25, 0.3) is 6.08 Å². The number of aliphatic imine (C=N–C) groups is 1. The molecule has 31 heavy (non-hydrogen) atoms. The fourth-order valence-corrected chi connectivity index (χ4v) is 2.90. The first-order valence-electron chi connectivity index (χ1n) is 9.23. The van der Waals surface area contributed by atoms with Crippen molar-refractivity contribution in [3.05, 3.63) is 82.9 Å². The van der Waals surface area contributed by atoms with Gasteiger partial charge in [-0.15, -0.1) is 0 Å². The van der Waals surface area contributed by atoms with Gasteiger partial charge in [0.2, 0.25) is 0 Å². The van der Waals surface area contributed by atoms with Crippen LogP contribution < -0.4 is 14.2 Å². The second-order valence-electron chi connectivity index (χ2n) is 6.34. The number of methoxy groups -OCH3 is 2. The SMILES string of the molecule is COc1cccc(C=CC(=O)Oc2c(Cl)cc(C=Nc3ccc(O)cc3)cc2OC)c1. The highest BCUT2D eigenvalue weighted by Gasteiger charge is 2.14. The Labute approximate surface area is 185 Å². The minimum absolute atomic E-state index is 0.117. The number of ether oxygens (including phenoxy) is 3. The zero-order valence-electron chi connectivity index (χ0n) is 16.9. The van der Waals surface area contributed by atoms with Gasteiger partial charge in [0, 0.05) is 12.3 Å². The molecule has 0 aromatic heterocycles. The summed E-state index contributed by atoms with van der Waals surface area (Å²) in [5.41, 5.74) is 2.10. The van der Waals surface area contributed by atoms with E-state index in [0.717, 1.165) is 5.56 Å². The molecule has 0 atom stereocenters. The lowest BCUT2D eigenvalue weighted by atomic mass is 10.2. The molecule has 0 bridgehead atoms. The van der Waals surface area contributed by atoms with Crippen LogP contribution in [0.4, 0.5) is 5.69 Å². The van der Waals surface area contributed by atoms with Crippen molar-refractivity contribution in [2.24, 2.45) is 4.99 Å². The van der Waals surface area contributed by atoms with Crippen LogP contribution in [-0.2, 0) is 4.79 Å². The van der Waals surface area contributed by atoms with Crippen LogP contribution in [0.1, 0.15) is 11.1 Å². The van der Waals surface area contributed by atoms with E-state index in [1.165, 1.54) is 13.2 Å². The fourth-order valence-electron chi connectivity index (χ4n) is 2.65. The second-order valence-corrected chi connectivity index (χ2v) is 6.75. The molecule has 1 N–H and O–H groups in total. The lowest BCUT2D eigenvalue weighted by Crippen LogP contribution is -2.06. The third kappa shape index (κ3) is 6.10. The number of rotatable bonds is 7. The molecule has 0 aliphatic carbocycles. The van der Waals surface area contributed by atoms with E-state index < -0.39 is 5.97 Å². The summed E-state index contributed by atoms with van der Waals surface area (Å²) in [5, 5.41) is 9.54. The summed E-state index contributed by atoms with van der Waals surface area (Å²) in [4.78, 5) is 16.6. The highest BCUT2D eigenvalue weighted by molar-refractivity contribution is 6.32. The Bertz CT molecular complexity index is 1120. The normalized spacial score (nSPS) is 11.1. The summed E-state index contributed by atoms with van der Waals surface area (Å²) < 4.78 is 15.9. The van der Waals surface area contributed by atoms with E-state index in [2.05, 4.69) is 4.99 Å². The van der Waals surface area contributed by atoms with Gasteiger partial charge in [-0.3, -0.25) is 4.99 Å². The third-order valence-corrected chi connectivity index (χ3v) is 4.45. The third-order valence-electron chi connectivity index (χ3n) is 4.17. The number of hydrogen-bond donors (Lipinski definition) is 1. The number of halogens is 1.